The van der Waals surface area contributed by atoms with Gasteiger partial charge in [0.15, 0.2) is 5.76 Å². The van der Waals surface area contributed by atoms with Crippen LogP contribution in [0, 0.1) is 0 Å². The summed E-state index contributed by atoms with van der Waals surface area (Å²) in [5, 5.41) is 13.4. The van der Waals surface area contributed by atoms with Gasteiger partial charge in [-0.2, -0.15) is 23.3 Å². The van der Waals surface area contributed by atoms with Crippen LogP contribution < -0.4 is 25.6 Å². The number of esters is 1. The third kappa shape index (κ3) is 8.02. The molecule has 4 heterocycles. The van der Waals surface area contributed by atoms with Crippen molar-refractivity contribution in [1.29, 1.82) is 0 Å². The fraction of sp³-hybridized carbons (Fsp3) is 0.393. The van der Waals surface area contributed by atoms with Crippen molar-refractivity contribution >= 4 is 34.9 Å². The van der Waals surface area contributed by atoms with Gasteiger partial charge in [-0.3, -0.25) is 9.48 Å². The topological polar surface area (TPSA) is 145 Å². The molecule has 2 fully saturated rings. The zero-order chi connectivity index (χ0) is 31.1. The third-order valence-corrected chi connectivity index (χ3v) is 6.89. The molecule has 1 amide bonds. The first-order valence-electron chi connectivity index (χ1n) is 13.9. The normalized spacial score (nSPS) is 15.8. The lowest BCUT2D eigenvalue weighted by atomic mass is 10.1. The highest BCUT2D eigenvalue weighted by Crippen LogP contribution is 2.30. The zero-order valence-corrected chi connectivity index (χ0v) is 23.6. The highest BCUT2D eigenvalue weighted by molar-refractivity contribution is 6.03. The zero-order valence-electron chi connectivity index (χ0n) is 23.6. The molecule has 0 spiro atoms. The van der Waals surface area contributed by atoms with Crippen LogP contribution in [0.5, 0.6) is 5.88 Å². The van der Waals surface area contributed by atoms with Crippen molar-refractivity contribution in [2.24, 2.45) is 0 Å². The number of ether oxygens (including phenoxy) is 3. The van der Waals surface area contributed by atoms with Crippen LogP contribution in [-0.4, -0.2) is 77.2 Å². The number of nitrogens with zero attached hydrogens (tertiary/aromatic N) is 5. The Bertz CT molecular complexity index is 1490. The second-order valence-electron chi connectivity index (χ2n) is 10.1. The van der Waals surface area contributed by atoms with Gasteiger partial charge in [-0.1, -0.05) is 18.7 Å². The fourth-order valence-corrected chi connectivity index (χ4v) is 4.66. The number of morpholine rings is 1. The molecule has 16 heteroatoms. The second kappa shape index (κ2) is 13.7. The highest BCUT2D eigenvalue weighted by atomic mass is 19.4. The molecule has 5 rings (SSSR count). The van der Waals surface area contributed by atoms with E-state index in [0.717, 1.165) is 31.6 Å². The Morgan fingerprint density at radius 1 is 1.14 bits per heavy atom. The van der Waals surface area contributed by atoms with Crippen LogP contribution in [0.25, 0.3) is 0 Å². The number of rotatable bonds is 10. The molecular formula is C28H31F3N8O5. The molecule has 13 nitrogen and oxygen atoms in total. The lowest BCUT2D eigenvalue weighted by Crippen LogP contribution is -2.36. The second-order valence-corrected chi connectivity index (χ2v) is 10.1. The van der Waals surface area contributed by atoms with E-state index in [1.807, 2.05) is 10.9 Å². The molecule has 2 aliphatic heterocycles. The van der Waals surface area contributed by atoms with Crippen molar-refractivity contribution in [2.75, 3.05) is 54.9 Å². The van der Waals surface area contributed by atoms with Crippen molar-refractivity contribution in [3.8, 4) is 5.88 Å². The maximum Gasteiger partial charge on any atom is 0.491 e. The van der Waals surface area contributed by atoms with Gasteiger partial charge < -0.3 is 35.1 Å². The first-order chi connectivity index (χ1) is 21.2. The number of anilines is 4. The molecule has 44 heavy (non-hydrogen) atoms. The molecule has 2 saturated heterocycles. The Kier molecular flexibility index (Phi) is 9.59. The summed E-state index contributed by atoms with van der Waals surface area (Å²) >= 11 is 0. The summed E-state index contributed by atoms with van der Waals surface area (Å²) in [6.45, 7) is 7.36. The van der Waals surface area contributed by atoms with E-state index in [9.17, 15) is 22.8 Å². The van der Waals surface area contributed by atoms with Gasteiger partial charge >= 0.3 is 12.1 Å². The number of hydrogen-bond acceptors (Lipinski definition) is 11. The van der Waals surface area contributed by atoms with Crippen LogP contribution in [-0.2, 0) is 25.7 Å². The Balaban J connectivity index is 1.27. The largest absolute Gasteiger partial charge is 0.491 e. The highest BCUT2D eigenvalue weighted by Gasteiger charge is 2.42. The third-order valence-electron chi connectivity index (χ3n) is 6.89. The van der Waals surface area contributed by atoms with E-state index in [2.05, 4.69) is 47.2 Å². The van der Waals surface area contributed by atoms with E-state index in [-0.39, 0.29) is 12.3 Å². The monoisotopic (exact) mass is 616 g/mol. The van der Waals surface area contributed by atoms with Crippen molar-refractivity contribution in [1.82, 2.24) is 25.1 Å². The van der Waals surface area contributed by atoms with E-state index < -0.39 is 23.8 Å². The molecule has 0 unspecified atom stereocenters. The van der Waals surface area contributed by atoms with Gasteiger partial charge in [0, 0.05) is 25.0 Å². The van der Waals surface area contributed by atoms with Gasteiger partial charge in [0.25, 0.3) is 5.91 Å². The first kappa shape index (κ1) is 30.7. The molecule has 234 valence electrons. The number of aromatic nitrogens is 4. The molecule has 1 aromatic carbocycles. The van der Waals surface area contributed by atoms with Crippen LogP contribution in [0.3, 0.4) is 0 Å². The molecule has 2 aromatic heterocycles. The van der Waals surface area contributed by atoms with Crippen LogP contribution in [0.15, 0.2) is 55.2 Å². The summed E-state index contributed by atoms with van der Waals surface area (Å²) in [6, 6.07) is 6.74. The number of alkyl halides is 3. The molecule has 0 radical (unpaired) electrons. The van der Waals surface area contributed by atoms with E-state index >= 15 is 0 Å². The smallest absolute Gasteiger partial charge is 0.471 e. The van der Waals surface area contributed by atoms with Crippen LogP contribution >= 0.6 is 0 Å². The van der Waals surface area contributed by atoms with E-state index in [4.69, 9.17) is 9.47 Å². The number of nitrogens with one attached hydrogen (secondary N) is 3. The quantitative estimate of drug-likeness (QED) is 0.175. The van der Waals surface area contributed by atoms with Gasteiger partial charge in [-0.05, 0) is 43.6 Å². The average molecular weight is 617 g/mol. The lowest BCUT2D eigenvalue weighted by Gasteiger charge is -2.29. The minimum absolute atomic E-state index is 0.0369. The van der Waals surface area contributed by atoms with Crippen LogP contribution in [0.1, 0.15) is 24.4 Å². The summed E-state index contributed by atoms with van der Waals surface area (Å²) in [7, 11) is 0. The van der Waals surface area contributed by atoms with Gasteiger partial charge in [0.2, 0.25) is 11.8 Å². The number of piperidine rings is 1. The van der Waals surface area contributed by atoms with Crippen molar-refractivity contribution < 1.29 is 37.0 Å². The number of benzene rings is 1. The summed E-state index contributed by atoms with van der Waals surface area (Å²) in [6.07, 6.45) is 2.06. The number of hydrogen-bond donors (Lipinski definition) is 3. The molecular weight excluding hydrogens is 585 g/mol. The van der Waals surface area contributed by atoms with Gasteiger partial charge in [0.05, 0.1) is 37.3 Å². The van der Waals surface area contributed by atoms with Gasteiger partial charge in [-0.25, -0.2) is 9.78 Å². The maximum absolute atomic E-state index is 12.4. The molecule has 3 aromatic rings. The standard InChI is InChI=1S/C28H31F3N8O5/c1-18(44-26(41)28(29,30)31)24(40)35-20-4-2-3-19(13-20)17-43-25-23(38-9-11-42-12-10-38)15-33-27(37-25)36-21-14-34-39(16-21)22-5-7-32-8-6-22/h2-4,13-16,22,32H,1,5-12,17H2,(H,35,40)(H,33,36,37). The minimum atomic E-state index is -5.26. The number of halogens is 3. The Morgan fingerprint density at radius 3 is 2.66 bits per heavy atom. The SMILES string of the molecule is C=C(OC(=O)C(F)(F)F)C(=O)Nc1cccc(COc2nc(Nc3cnn(C4CCNCC4)c3)ncc2N2CCOCC2)c1. The summed E-state index contributed by atoms with van der Waals surface area (Å²) in [5.74, 6) is -4.01. The fourth-order valence-electron chi connectivity index (χ4n) is 4.66. The Labute approximate surface area is 250 Å². The maximum atomic E-state index is 12.4. The summed E-state index contributed by atoms with van der Waals surface area (Å²) < 4.78 is 54.9. The van der Waals surface area contributed by atoms with Gasteiger partial charge in [0.1, 0.15) is 12.3 Å². The van der Waals surface area contributed by atoms with Crippen molar-refractivity contribution in [2.45, 2.75) is 31.7 Å². The number of carbonyl (C=O) groups excluding carboxylic acids is 2. The predicted octanol–water partition coefficient (Wildman–Crippen LogP) is 3.31. The van der Waals surface area contributed by atoms with Crippen molar-refractivity contribution in [3.05, 3.63) is 60.8 Å². The number of amides is 1. The molecule has 0 saturated carbocycles. The summed E-state index contributed by atoms with van der Waals surface area (Å²) in [4.78, 5) is 34.4. The molecule has 2 aliphatic rings. The van der Waals surface area contributed by atoms with E-state index in [0.29, 0.717) is 55.4 Å². The first-order valence-corrected chi connectivity index (χ1v) is 13.9. The van der Waals surface area contributed by atoms with E-state index in [1.165, 1.54) is 6.07 Å². The molecule has 0 atom stereocenters. The van der Waals surface area contributed by atoms with Gasteiger partial charge in [-0.15, -0.1) is 0 Å². The Morgan fingerprint density at radius 2 is 1.91 bits per heavy atom. The van der Waals surface area contributed by atoms with Crippen LogP contribution in [0.4, 0.5) is 36.2 Å². The van der Waals surface area contributed by atoms with Crippen molar-refractivity contribution in [3.63, 3.8) is 0 Å². The molecule has 0 bridgehead atoms. The lowest BCUT2D eigenvalue weighted by molar-refractivity contribution is -0.195. The Hall–Kier alpha value is -4.70. The predicted molar refractivity (Wildman–Crippen MR) is 152 cm³/mol. The summed E-state index contributed by atoms with van der Waals surface area (Å²) in [5.41, 5.74) is 2.26. The number of carbonyl (C=O) groups is 2. The van der Waals surface area contributed by atoms with Crippen LogP contribution in [0.2, 0.25) is 0 Å². The minimum Gasteiger partial charge on any atom is -0.471 e. The van der Waals surface area contributed by atoms with E-state index in [1.54, 1.807) is 30.6 Å². The average Bonchev–Trinajstić information content (AvgIpc) is 3.49. The molecule has 0 aliphatic carbocycles. The molecule has 3 N–H and O–H groups in total.